The van der Waals surface area contributed by atoms with Crippen LogP contribution in [0.15, 0.2) is 24.4 Å². The summed E-state index contributed by atoms with van der Waals surface area (Å²) < 4.78 is 2.11. The van der Waals surface area contributed by atoms with Gasteiger partial charge in [0.2, 0.25) is 0 Å². The zero-order valence-electron chi connectivity index (χ0n) is 9.37. The number of nitrogens with zero attached hydrogens (tertiary/aromatic N) is 3. The Balaban J connectivity index is 0.000000722. The van der Waals surface area contributed by atoms with Gasteiger partial charge in [-0.3, -0.25) is 4.40 Å². The van der Waals surface area contributed by atoms with Crippen LogP contribution in [0.5, 0.6) is 0 Å². The molecule has 0 bridgehead atoms. The first kappa shape index (κ1) is 14.2. The Kier molecular flexibility index (Phi) is 5.18. The Labute approximate surface area is 113 Å². The molecule has 6 heteroatoms. The van der Waals surface area contributed by atoms with Gasteiger partial charge in [-0.05, 0) is 38.1 Å². The lowest BCUT2D eigenvalue weighted by Gasteiger charge is -2.20. The minimum Gasteiger partial charge on any atom is -0.317 e. The standard InChI is InChI=1S/C11H14N4.2ClH/c1-2-8-15-10(3-1)13-14-11(15)9-4-6-12-7-5-9;;/h1-3,8-9,12H,4-7H2;2*1H. The number of hydrogen-bond donors (Lipinski definition) is 1. The van der Waals surface area contributed by atoms with Crippen LogP contribution in [0.25, 0.3) is 5.65 Å². The summed E-state index contributed by atoms with van der Waals surface area (Å²) in [6.45, 7) is 2.18. The highest BCUT2D eigenvalue weighted by Crippen LogP contribution is 2.23. The molecule has 1 aliphatic heterocycles. The molecule has 0 amide bonds. The number of rotatable bonds is 1. The van der Waals surface area contributed by atoms with Crippen molar-refractivity contribution in [1.82, 2.24) is 19.9 Å². The Morgan fingerprint density at radius 3 is 2.65 bits per heavy atom. The number of aromatic nitrogens is 3. The van der Waals surface area contributed by atoms with Gasteiger partial charge in [0.15, 0.2) is 5.65 Å². The van der Waals surface area contributed by atoms with E-state index in [1.807, 2.05) is 24.4 Å². The molecule has 1 aliphatic rings. The minimum absolute atomic E-state index is 0. The summed E-state index contributed by atoms with van der Waals surface area (Å²) >= 11 is 0. The van der Waals surface area contributed by atoms with Crippen molar-refractivity contribution in [3.8, 4) is 0 Å². The molecule has 0 unspecified atom stereocenters. The van der Waals surface area contributed by atoms with E-state index in [1.165, 1.54) is 0 Å². The van der Waals surface area contributed by atoms with Gasteiger partial charge in [0.25, 0.3) is 0 Å². The predicted molar refractivity (Wildman–Crippen MR) is 72.3 cm³/mol. The van der Waals surface area contributed by atoms with Crippen LogP contribution < -0.4 is 5.32 Å². The van der Waals surface area contributed by atoms with Crippen LogP contribution in [0.1, 0.15) is 24.6 Å². The van der Waals surface area contributed by atoms with Gasteiger partial charge >= 0.3 is 0 Å². The van der Waals surface area contributed by atoms with E-state index in [1.54, 1.807) is 0 Å². The molecular weight excluding hydrogens is 259 g/mol. The smallest absolute Gasteiger partial charge is 0.160 e. The number of piperidine rings is 1. The zero-order chi connectivity index (χ0) is 10.1. The molecule has 1 N–H and O–H groups in total. The number of fused-ring (bicyclic) bond motifs is 1. The van der Waals surface area contributed by atoms with Crippen LogP contribution in [-0.4, -0.2) is 27.7 Å². The molecule has 17 heavy (non-hydrogen) atoms. The first-order valence-corrected chi connectivity index (χ1v) is 5.45. The Morgan fingerprint density at radius 2 is 1.88 bits per heavy atom. The molecule has 0 spiro atoms. The predicted octanol–water partition coefficient (Wildman–Crippen LogP) is 2.04. The molecule has 0 atom stereocenters. The van der Waals surface area contributed by atoms with E-state index in [4.69, 9.17) is 0 Å². The average molecular weight is 275 g/mol. The van der Waals surface area contributed by atoms with Crippen molar-refractivity contribution in [2.45, 2.75) is 18.8 Å². The normalized spacial score (nSPS) is 16.2. The lowest BCUT2D eigenvalue weighted by Crippen LogP contribution is -2.27. The molecule has 94 valence electrons. The minimum atomic E-state index is 0. The average Bonchev–Trinajstić information content (AvgIpc) is 2.74. The van der Waals surface area contributed by atoms with Gasteiger partial charge in [-0.2, -0.15) is 0 Å². The fourth-order valence-corrected chi connectivity index (χ4v) is 2.22. The van der Waals surface area contributed by atoms with Gasteiger partial charge in [-0.25, -0.2) is 0 Å². The topological polar surface area (TPSA) is 42.2 Å². The molecule has 0 aromatic carbocycles. The number of halogens is 2. The summed E-state index contributed by atoms with van der Waals surface area (Å²) in [5.41, 5.74) is 0.950. The van der Waals surface area contributed by atoms with Gasteiger partial charge in [-0.15, -0.1) is 35.0 Å². The van der Waals surface area contributed by atoms with Crippen LogP contribution in [0.4, 0.5) is 0 Å². The molecule has 0 aliphatic carbocycles. The van der Waals surface area contributed by atoms with Crippen molar-refractivity contribution < 1.29 is 0 Å². The monoisotopic (exact) mass is 274 g/mol. The fraction of sp³-hybridized carbons (Fsp3) is 0.455. The maximum absolute atomic E-state index is 4.30. The second-order valence-corrected chi connectivity index (χ2v) is 4.01. The molecular formula is C11H16Cl2N4. The Morgan fingerprint density at radius 1 is 1.12 bits per heavy atom. The maximum atomic E-state index is 4.30. The van der Waals surface area contributed by atoms with Crippen LogP contribution in [0.3, 0.4) is 0 Å². The summed E-state index contributed by atoms with van der Waals surface area (Å²) in [5.74, 6) is 1.68. The zero-order valence-corrected chi connectivity index (χ0v) is 11.0. The van der Waals surface area contributed by atoms with Gasteiger partial charge in [0.05, 0.1) is 0 Å². The highest BCUT2D eigenvalue weighted by atomic mass is 35.5. The lowest BCUT2D eigenvalue weighted by atomic mass is 9.97. The number of hydrogen-bond acceptors (Lipinski definition) is 3. The molecule has 1 saturated heterocycles. The molecule has 0 radical (unpaired) electrons. The van der Waals surface area contributed by atoms with Crippen molar-refractivity contribution >= 4 is 30.5 Å². The second kappa shape index (κ2) is 6.19. The van der Waals surface area contributed by atoms with Crippen LogP contribution in [0.2, 0.25) is 0 Å². The number of nitrogens with one attached hydrogen (secondary N) is 1. The lowest BCUT2D eigenvalue weighted by molar-refractivity contribution is 0.442. The Bertz CT molecular complexity index is 465. The van der Waals surface area contributed by atoms with Crippen molar-refractivity contribution in [2.75, 3.05) is 13.1 Å². The highest BCUT2D eigenvalue weighted by molar-refractivity contribution is 5.85. The summed E-state index contributed by atoms with van der Waals surface area (Å²) in [6.07, 6.45) is 4.37. The van der Waals surface area contributed by atoms with Crippen molar-refractivity contribution in [3.63, 3.8) is 0 Å². The summed E-state index contributed by atoms with van der Waals surface area (Å²) in [6, 6.07) is 6.02. The fourth-order valence-electron chi connectivity index (χ4n) is 2.22. The third-order valence-electron chi connectivity index (χ3n) is 3.04. The van der Waals surface area contributed by atoms with Crippen molar-refractivity contribution in [2.24, 2.45) is 0 Å². The van der Waals surface area contributed by atoms with Gasteiger partial charge in [0.1, 0.15) is 5.82 Å². The first-order valence-electron chi connectivity index (χ1n) is 5.45. The highest BCUT2D eigenvalue weighted by Gasteiger charge is 2.19. The maximum Gasteiger partial charge on any atom is 0.160 e. The second-order valence-electron chi connectivity index (χ2n) is 4.01. The Hall–Kier alpha value is -0.840. The molecule has 4 nitrogen and oxygen atoms in total. The molecule has 1 fully saturated rings. The van der Waals surface area contributed by atoms with E-state index in [2.05, 4.69) is 19.9 Å². The number of pyridine rings is 1. The van der Waals surface area contributed by atoms with E-state index in [0.29, 0.717) is 5.92 Å². The quantitative estimate of drug-likeness (QED) is 0.866. The summed E-state index contributed by atoms with van der Waals surface area (Å²) in [5, 5.41) is 11.9. The molecule has 0 saturated carbocycles. The third-order valence-corrected chi connectivity index (χ3v) is 3.04. The van der Waals surface area contributed by atoms with E-state index in [-0.39, 0.29) is 24.8 Å². The molecule has 3 heterocycles. The van der Waals surface area contributed by atoms with Gasteiger partial charge in [-0.1, -0.05) is 6.07 Å². The van der Waals surface area contributed by atoms with Gasteiger partial charge in [0, 0.05) is 12.1 Å². The largest absolute Gasteiger partial charge is 0.317 e. The van der Waals surface area contributed by atoms with E-state index < -0.39 is 0 Å². The van der Waals surface area contributed by atoms with Crippen LogP contribution in [0, 0.1) is 0 Å². The van der Waals surface area contributed by atoms with E-state index in [0.717, 1.165) is 37.4 Å². The molecule has 3 rings (SSSR count). The first-order chi connectivity index (χ1) is 7.45. The van der Waals surface area contributed by atoms with Crippen LogP contribution >= 0.6 is 24.8 Å². The SMILES string of the molecule is Cl.Cl.c1ccn2c(C3CCNCC3)nnc2c1. The van der Waals surface area contributed by atoms with E-state index in [9.17, 15) is 0 Å². The third kappa shape index (κ3) is 2.70. The van der Waals surface area contributed by atoms with Crippen LogP contribution in [-0.2, 0) is 0 Å². The summed E-state index contributed by atoms with van der Waals surface area (Å²) in [7, 11) is 0. The molecule has 2 aromatic rings. The van der Waals surface area contributed by atoms with Crippen molar-refractivity contribution in [3.05, 3.63) is 30.2 Å². The van der Waals surface area contributed by atoms with Gasteiger partial charge < -0.3 is 5.32 Å². The van der Waals surface area contributed by atoms with Crippen molar-refractivity contribution in [1.29, 1.82) is 0 Å². The molecule has 2 aromatic heterocycles. The van der Waals surface area contributed by atoms with E-state index >= 15 is 0 Å². The summed E-state index contributed by atoms with van der Waals surface area (Å²) in [4.78, 5) is 0.